The van der Waals surface area contributed by atoms with E-state index in [-0.39, 0.29) is 5.75 Å². The summed E-state index contributed by atoms with van der Waals surface area (Å²) in [6.07, 6.45) is -2.85. The summed E-state index contributed by atoms with van der Waals surface area (Å²) in [5, 5.41) is 4.47. The molecule has 3 aliphatic rings. The molecule has 5 rings (SSSR count). The monoisotopic (exact) mass is 451 g/mol. The van der Waals surface area contributed by atoms with Crippen LogP contribution in [-0.2, 0) is 4.74 Å². The highest BCUT2D eigenvalue weighted by Crippen LogP contribution is 2.42. The number of aromatic nitrogens is 2. The fraction of sp³-hybridized carbons (Fsp3) is 0.591. The number of morpholine rings is 1. The van der Waals surface area contributed by atoms with Crippen LogP contribution in [0, 0.1) is 12.3 Å². The topological polar surface area (TPSA) is 46.0 Å². The lowest BCUT2D eigenvalue weighted by atomic mass is 9.72. The first-order chi connectivity index (χ1) is 15.3. The minimum Gasteiger partial charge on any atom is -0.406 e. The van der Waals surface area contributed by atoms with E-state index >= 15 is 0 Å². The van der Waals surface area contributed by atoms with E-state index < -0.39 is 6.36 Å². The number of nitrogens with zero attached hydrogens (tertiary/aromatic N) is 5. The van der Waals surface area contributed by atoms with Crippen molar-refractivity contribution in [2.75, 3.05) is 70.5 Å². The van der Waals surface area contributed by atoms with Crippen LogP contribution in [0.5, 0.6) is 5.75 Å². The molecule has 0 bridgehead atoms. The Balaban J connectivity index is 1.13. The number of hydrogen-bond acceptors (Lipinski definition) is 6. The Morgan fingerprint density at radius 3 is 2.31 bits per heavy atom. The predicted molar refractivity (Wildman–Crippen MR) is 113 cm³/mol. The molecule has 1 aromatic heterocycles. The van der Waals surface area contributed by atoms with Crippen LogP contribution in [0.25, 0.3) is 5.69 Å². The molecule has 3 saturated heterocycles. The van der Waals surface area contributed by atoms with E-state index in [1.165, 1.54) is 12.1 Å². The molecule has 0 radical (unpaired) electrons. The largest absolute Gasteiger partial charge is 0.573 e. The summed E-state index contributed by atoms with van der Waals surface area (Å²) in [6.45, 7) is 12.3. The van der Waals surface area contributed by atoms with E-state index in [9.17, 15) is 13.2 Å². The maximum Gasteiger partial charge on any atom is 0.573 e. The van der Waals surface area contributed by atoms with E-state index in [1.807, 2.05) is 13.1 Å². The fourth-order valence-corrected chi connectivity index (χ4v) is 5.06. The molecule has 10 heteroatoms. The summed E-state index contributed by atoms with van der Waals surface area (Å²) in [5.41, 5.74) is 3.15. The zero-order valence-electron chi connectivity index (χ0n) is 18.1. The molecule has 3 fully saturated rings. The van der Waals surface area contributed by atoms with Crippen molar-refractivity contribution in [3.8, 4) is 11.4 Å². The number of alkyl halides is 3. The minimum absolute atomic E-state index is 0.237. The van der Waals surface area contributed by atoms with Crippen LogP contribution in [0.4, 0.5) is 18.9 Å². The van der Waals surface area contributed by atoms with Gasteiger partial charge in [-0.25, -0.2) is 4.68 Å². The highest BCUT2D eigenvalue weighted by molar-refractivity contribution is 5.55. The summed E-state index contributed by atoms with van der Waals surface area (Å²) in [5.74, 6) is -0.237. The lowest BCUT2D eigenvalue weighted by Crippen LogP contribution is -2.72. The summed E-state index contributed by atoms with van der Waals surface area (Å²) >= 11 is 0. The first-order valence-electron chi connectivity index (χ1n) is 11.0. The van der Waals surface area contributed by atoms with Gasteiger partial charge in [-0.3, -0.25) is 4.90 Å². The van der Waals surface area contributed by atoms with Crippen LogP contribution in [0.2, 0.25) is 0 Å². The maximum atomic E-state index is 12.4. The molecule has 2 aromatic rings. The third-order valence-corrected chi connectivity index (χ3v) is 6.65. The predicted octanol–water partition coefficient (Wildman–Crippen LogP) is 2.53. The lowest BCUT2D eigenvalue weighted by molar-refractivity contribution is -0.274. The standard InChI is InChI=1S/C22H28F3N5O2/c1-17-20(12-26-30(17)18-2-4-19(5-3-18)32-22(23,24)25)29-15-21(16-29)13-28(14-21)7-6-27-8-10-31-11-9-27/h2-5,12H,6-11,13-16H2,1H3. The maximum absolute atomic E-state index is 12.4. The third-order valence-electron chi connectivity index (χ3n) is 6.65. The number of halogens is 3. The van der Waals surface area contributed by atoms with Gasteiger partial charge in [0.2, 0.25) is 0 Å². The van der Waals surface area contributed by atoms with Gasteiger partial charge in [0, 0.05) is 57.8 Å². The number of rotatable bonds is 6. The van der Waals surface area contributed by atoms with Crippen LogP contribution in [-0.4, -0.2) is 91.5 Å². The van der Waals surface area contributed by atoms with Crippen molar-refractivity contribution in [2.45, 2.75) is 13.3 Å². The Morgan fingerprint density at radius 2 is 1.66 bits per heavy atom. The Bertz CT molecular complexity index is 926. The summed E-state index contributed by atoms with van der Waals surface area (Å²) in [7, 11) is 0. The van der Waals surface area contributed by atoms with Crippen LogP contribution >= 0.6 is 0 Å². The quantitative estimate of drug-likeness (QED) is 0.673. The second-order valence-electron chi connectivity index (χ2n) is 9.09. The molecule has 174 valence electrons. The van der Waals surface area contributed by atoms with E-state index in [1.54, 1.807) is 16.8 Å². The van der Waals surface area contributed by atoms with Gasteiger partial charge in [0.25, 0.3) is 0 Å². The van der Waals surface area contributed by atoms with Gasteiger partial charge in [0.05, 0.1) is 36.5 Å². The van der Waals surface area contributed by atoms with Gasteiger partial charge in [-0.15, -0.1) is 13.2 Å². The summed E-state index contributed by atoms with van der Waals surface area (Å²) in [4.78, 5) is 7.36. The average Bonchev–Trinajstić information content (AvgIpc) is 3.07. The lowest BCUT2D eigenvalue weighted by Gasteiger charge is -2.61. The van der Waals surface area contributed by atoms with Gasteiger partial charge < -0.3 is 19.3 Å². The number of benzene rings is 1. The number of ether oxygens (including phenoxy) is 2. The normalized spacial score (nSPS) is 21.4. The van der Waals surface area contributed by atoms with E-state index in [4.69, 9.17) is 4.74 Å². The minimum atomic E-state index is -4.69. The molecule has 32 heavy (non-hydrogen) atoms. The second-order valence-corrected chi connectivity index (χ2v) is 9.09. The molecule has 0 saturated carbocycles. The Morgan fingerprint density at radius 1 is 1.00 bits per heavy atom. The van der Waals surface area contributed by atoms with E-state index in [0.717, 1.165) is 77.0 Å². The number of likely N-dealkylation sites (tertiary alicyclic amines) is 1. The molecule has 1 spiro atoms. The summed E-state index contributed by atoms with van der Waals surface area (Å²) in [6, 6.07) is 5.78. The zero-order chi connectivity index (χ0) is 22.3. The van der Waals surface area contributed by atoms with Crippen molar-refractivity contribution in [3.63, 3.8) is 0 Å². The Hall–Kier alpha value is -2.30. The van der Waals surface area contributed by atoms with Crippen LogP contribution in [0.1, 0.15) is 5.69 Å². The first kappa shape index (κ1) is 21.5. The highest BCUT2D eigenvalue weighted by atomic mass is 19.4. The number of anilines is 1. The first-order valence-corrected chi connectivity index (χ1v) is 11.0. The number of hydrogen-bond donors (Lipinski definition) is 0. The van der Waals surface area contributed by atoms with E-state index in [0.29, 0.717) is 11.1 Å². The van der Waals surface area contributed by atoms with Gasteiger partial charge in [0.1, 0.15) is 5.75 Å². The molecule has 0 unspecified atom stereocenters. The van der Waals surface area contributed by atoms with Gasteiger partial charge in [-0.05, 0) is 31.2 Å². The summed E-state index contributed by atoms with van der Waals surface area (Å²) < 4.78 is 48.2. The molecule has 0 N–H and O–H groups in total. The molecule has 0 aliphatic carbocycles. The van der Waals surface area contributed by atoms with E-state index in [2.05, 4.69) is 24.5 Å². The van der Waals surface area contributed by atoms with Crippen LogP contribution in [0.15, 0.2) is 30.5 Å². The molecule has 4 heterocycles. The highest BCUT2D eigenvalue weighted by Gasteiger charge is 2.51. The van der Waals surface area contributed by atoms with Crippen molar-refractivity contribution in [1.82, 2.24) is 19.6 Å². The zero-order valence-corrected chi connectivity index (χ0v) is 18.1. The molecule has 3 aliphatic heterocycles. The SMILES string of the molecule is Cc1c(N2CC3(CN(CCN4CCOCC4)C3)C2)cnn1-c1ccc(OC(F)(F)F)cc1. The fourth-order valence-electron chi connectivity index (χ4n) is 5.06. The van der Waals surface area contributed by atoms with Crippen molar-refractivity contribution in [3.05, 3.63) is 36.2 Å². The smallest absolute Gasteiger partial charge is 0.406 e. The van der Waals surface area contributed by atoms with Gasteiger partial charge in [-0.2, -0.15) is 5.10 Å². The van der Waals surface area contributed by atoms with Gasteiger partial charge >= 0.3 is 6.36 Å². The van der Waals surface area contributed by atoms with Crippen LogP contribution < -0.4 is 9.64 Å². The van der Waals surface area contributed by atoms with Crippen molar-refractivity contribution in [1.29, 1.82) is 0 Å². The van der Waals surface area contributed by atoms with Crippen molar-refractivity contribution in [2.24, 2.45) is 5.41 Å². The van der Waals surface area contributed by atoms with Gasteiger partial charge in [-0.1, -0.05) is 0 Å². The molecule has 7 nitrogen and oxygen atoms in total. The molecular formula is C22H28F3N5O2. The van der Waals surface area contributed by atoms with Crippen molar-refractivity contribution < 1.29 is 22.6 Å². The molecule has 0 atom stereocenters. The Kier molecular flexibility index (Phi) is 5.55. The average molecular weight is 451 g/mol. The third kappa shape index (κ3) is 4.44. The molecular weight excluding hydrogens is 423 g/mol. The molecule has 1 aromatic carbocycles. The molecule has 0 amide bonds. The second kappa shape index (κ2) is 8.24. The van der Waals surface area contributed by atoms with Crippen LogP contribution in [0.3, 0.4) is 0 Å². The Labute approximate surface area is 185 Å². The van der Waals surface area contributed by atoms with Crippen molar-refractivity contribution >= 4 is 5.69 Å². The van der Waals surface area contributed by atoms with Gasteiger partial charge in [0.15, 0.2) is 0 Å².